The quantitative estimate of drug-likeness (QED) is 0.688. The molecule has 2 fully saturated rings. The van der Waals surface area contributed by atoms with Crippen LogP contribution in [-0.2, 0) is 5.54 Å². The second-order valence-electron chi connectivity index (χ2n) is 8.95. The molecule has 1 aliphatic heterocycles. The Morgan fingerprint density at radius 2 is 1.97 bits per heavy atom. The number of nitrogens with zero attached hydrogens (tertiary/aromatic N) is 4. The monoisotopic (exact) mass is 419 g/mol. The lowest BCUT2D eigenvalue weighted by Gasteiger charge is -2.44. The van der Waals surface area contributed by atoms with Crippen LogP contribution in [0.4, 0.5) is 10.1 Å². The van der Waals surface area contributed by atoms with Gasteiger partial charge < -0.3 is 15.1 Å². The Kier molecular flexibility index (Phi) is 4.66. The van der Waals surface area contributed by atoms with E-state index in [0.29, 0.717) is 17.0 Å². The summed E-state index contributed by atoms with van der Waals surface area (Å²) in [5, 5.41) is 11.7. The van der Waals surface area contributed by atoms with Gasteiger partial charge in [-0.05, 0) is 69.3 Å². The molecule has 0 unspecified atom stereocenters. The smallest absolute Gasteiger partial charge is 0.252 e. The van der Waals surface area contributed by atoms with Gasteiger partial charge in [-0.1, -0.05) is 12.1 Å². The summed E-state index contributed by atoms with van der Waals surface area (Å²) in [6.45, 7) is 3.88. The molecule has 3 aromatic rings. The molecule has 6 nitrogen and oxygen atoms in total. The topological polar surface area (TPSA) is 61.4 Å². The summed E-state index contributed by atoms with van der Waals surface area (Å²) in [7, 11) is 4.19. The molecule has 7 heteroatoms. The van der Waals surface area contributed by atoms with Crippen LogP contribution < -0.4 is 10.2 Å². The first-order chi connectivity index (χ1) is 14.9. The number of carbonyl (C=O) groups is 1. The fourth-order valence-corrected chi connectivity index (χ4v) is 4.38. The van der Waals surface area contributed by atoms with Gasteiger partial charge in [-0.3, -0.25) is 4.79 Å². The zero-order chi connectivity index (χ0) is 21.8. The van der Waals surface area contributed by atoms with Gasteiger partial charge in [-0.25, -0.2) is 4.39 Å². The van der Waals surface area contributed by atoms with Crippen LogP contribution in [0.15, 0.2) is 42.6 Å². The number of benzene rings is 2. The molecule has 0 radical (unpaired) electrons. The summed E-state index contributed by atoms with van der Waals surface area (Å²) in [6, 6.07) is 11.6. The van der Waals surface area contributed by atoms with Crippen molar-refractivity contribution in [3.8, 4) is 0 Å². The molecule has 1 aliphatic carbocycles. The van der Waals surface area contributed by atoms with Crippen LogP contribution in [0.5, 0.6) is 0 Å². The highest BCUT2D eigenvalue weighted by atomic mass is 19.1. The Morgan fingerprint density at radius 1 is 1.19 bits per heavy atom. The molecule has 0 atom stereocenters. The average Bonchev–Trinajstić information content (AvgIpc) is 3.48. The zero-order valence-electron chi connectivity index (χ0n) is 18.0. The minimum absolute atomic E-state index is 0.0963. The second-order valence-corrected chi connectivity index (χ2v) is 8.95. The molecule has 1 amide bonds. The first-order valence-electron chi connectivity index (χ1n) is 10.6. The Balaban J connectivity index is 1.41. The van der Waals surface area contributed by atoms with Gasteiger partial charge in [-0.2, -0.15) is 5.10 Å². The van der Waals surface area contributed by atoms with Crippen molar-refractivity contribution < 1.29 is 9.18 Å². The Bertz CT molecular complexity index is 1170. The molecular formula is C24H26FN5O. The Hall–Kier alpha value is -3.06. The van der Waals surface area contributed by atoms with Crippen molar-refractivity contribution in [2.75, 3.05) is 32.1 Å². The predicted octanol–water partition coefficient (Wildman–Crippen LogP) is 3.25. The van der Waals surface area contributed by atoms with E-state index >= 15 is 0 Å². The lowest BCUT2D eigenvalue weighted by Crippen LogP contribution is -2.57. The van der Waals surface area contributed by atoms with Crippen LogP contribution in [0, 0.1) is 12.7 Å². The number of rotatable bonds is 5. The maximum atomic E-state index is 14.2. The Labute approximate surface area is 181 Å². The summed E-state index contributed by atoms with van der Waals surface area (Å²) in [4.78, 5) is 17.8. The number of aromatic nitrogens is 2. The van der Waals surface area contributed by atoms with Gasteiger partial charge in [0.25, 0.3) is 5.91 Å². The molecule has 1 aromatic heterocycles. The van der Waals surface area contributed by atoms with Crippen molar-refractivity contribution >= 4 is 22.5 Å². The number of anilines is 1. The third kappa shape index (κ3) is 3.43. The predicted molar refractivity (Wildman–Crippen MR) is 119 cm³/mol. The van der Waals surface area contributed by atoms with E-state index in [-0.39, 0.29) is 11.4 Å². The Morgan fingerprint density at radius 3 is 2.68 bits per heavy atom. The van der Waals surface area contributed by atoms with Crippen molar-refractivity contribution in [2.24, 2.45) is 0 Å². The van der Waals surface area contributed by atoms with Crippen LogP contribution in [0.2, 0.25) is 0 Å². The van der Waals surface area contributed by atoms with Crippen molar-refractivity contribution in [2.45, 2.75) is 31.3 Å². The van der Waals surface area contributed by atoms with Gasteiger partial charge in [0.1, 0.15) is 5.52 Å². The van der Waals surface area contributed by atoms with Crippen LogP contribution >= 0.6 is 0 Å². The van der Waals surface area contributed by atoms with E-state index < -0.39 is 11.4 Å². The number of aryl methyl sites for hydroxylation is 1. The van der Waals surface area contributed by atoms with E-state index in [2.05, 4.69) is 45.5 Å². The van der Waals surface area contributed by atoms with E-state index in [9.17, 15) is 9.18 Å². The number of hydrogen-bond acceptors (Lipinski definition) is 5. The van der Waals surface area contributed by atoms with E-state index in [1.54, 1.807) is 18.3 Å². The molecular weight excluding hydrogens is 393 g/mol. The second kappa shape index (κ2) is 7.27. The molecule has 0 spiro atoms. The van der Waals surface area contributed by atoms with Crippen LogP contribution in [0.3, 0.4) is 0 Å². The third-order valence-electron chi connectivity index (χ3n) is 6.68. The van der Waals surface area contributed by atoms with Crippen LogP contribution in [-0.4, -0.2) is 54.2 Å². The molecule has 1 saturated carbocycles. The fraction of sp³-hybridized carbons (Fsp3) is 0.375. The molecule has 1 saturated heterocycles. The van der Waals surface area contributed by atoms with Gasteiger partial charge in [0, 0.05) is 35.8 Å². The molecule has 1 N–H and O–H groups in total. The summed E-state index contributed by atoms with van der Waals surface area (Å²) in [5.74, 6) is -0.496. The molecule has 160 valence electrons. The van der Waals surface area contributed by atoms with Gasteiger partial charge in [0.05, 0.1) is 11.7 Å². The largest absolute Gasteiger partial charge is 0.368 e. The standard InChI is InChI=1S/C24H26FN5O/c1-15-4-5-16(30-13-17(14-30)29(2)3)12-19(15)23(31)27-24(9-10-24)20-6-7-21(25)22-18(20)8-11-26-28-22/h4-8,11-12,17H,9-10,13-14H2,1-3H3,(H,27,31). The molecule has 5 rings (SSSR count). The van der Waals surface area contributed by atoms with Gasteiger partial charge >= 0.3 is 0 Å². The number of amides is 1. The zero-order valence-corrected chi connectivity index (χ0v) is 18.0. The van der Waals surface area contributed by atoms with Gasteiger partial charge in [0.2, 0.25) is 0 Å². The molecule has 2 heterocycles. The summed E-state index contributed by atoms with van der Waals surface area (Å²) in [5.41, 5.74) is 3.35. The van der Waals surface area contributed by atoms with E-state index in [0.717, 1.165) is 42.7 Å². The SMILES string of the molecule is Cc1ccc(N2CC(N(C)C)C2)cc1C(=O)NC1(c2ccc(F)c3nnccc23)CC1. The number of hydrogen-bond donors (Lipinski definition) is 1. The summed E-state index contributed by atoms with van der Waals surface area (Å²) in [6.07, 6.45) is 3.19. The minimum Gasteiger partial charge on any atom is -0.368 e. The first-order valence-corrected chi connectivity index (χ1v) is 10.6. The highest BCUT2D eigenvalue weighted by Gasteiger charge is 2.47. The summed E-state index contributed by atoms with van der Waals surface area (Å²) >= 11 is 0. The van der Waals surface area contributed by atoms with E-state index in [1.807, 2.05) is 19.1 Å². The van der Waals surface area contributed by atoms with Crippen LogP contribution in [0.1, 0.15) is 34.3 Å². The number of fused-ring (bicyclic) bond motifs is 1. The lowest BCUT2D eigenvalue weighted by molar-refractivity contribution is 0.0930. The van der Waals surface area contributed by atoms with Crippen molar-refractivity contribution in [1.29, 1.82) is 0 Å². The lowest BCUT2D eigenvalue weighted by atomic mass is 9.98. The van der Waals surface area contributed by atoms with Crippen LogP contribution in [0.25, 0.3) is 10.9 Å². The maximum Gasteiger partial charge on any atom is 0.252 e. The van der Waals surface area contributed by atoms with Crippen molar-refractivity contribution in [1.82, 2.24) is 20.4 Å². The van der Waals surface area contributed by atoms with E-state index in [4.69, 9.17) is 0 Å². The van der Waals surface area contributed by atoms with Crippen molar-refractivity contribution in [3.05, 3.63) is 65.1 Å². The summed E-state index contributed by atoms with van der Waals surface area (Å²) < 4.78 is 14.2. The minimum atomic E-state index is -0.485. The number of carbonyl (C=O) groups excluding carboxylic acids is 1. The number of nitrogens with one attached hydrogen (secondary N) is 1. The third-order valence-corrected chi connectivity index (χ3v) is 6.68. The molecule has 31 heavy (non-hydrogen) atoms. The molecule has 2 aromatic carbocycles. The highest BCUT2D eigenvalue weighted by Crippen LogP contribution is 2.48. The van der Waals surface area contributed by atoms with Gasteiger partial charge in [0.15, 0.2) is 5.82 Å². The van der Waals surface area contributed by atoms with Gasteiger partial charge in [-0.15, -0.1) is 5.10 Å². The fourth-order valence-electron chi connectivity index (χ4n) is 4.38. The van der Waals surface area contributed by atoms with Crippen molar-refractivity contribution in [3.63, 3.8) is 0 Å². The average molecular weight is 420 g/mol. The molecule has 0 bridgehead atoms. The number of likely N-dealkylation sites (N-methyl/N-ethyl adjacent to an activating group) is 1. The first kappa shape index (κ1) is 19.9. The normalized spacial score (nSPS) is 17.6. The number of halogens is 1. The highest BCUT2D eigenvalue weighted by molar-refractivity contribution is 5.98. The molecule has 2 aliphatic rings. The maximum absolute atomic E-state index is 14.2. The van der Waals surface area contributed by atoms with E-state index in [1.165, 1.54) is 6.07 Å².